The van der Waals surface area contributed by atoms with Crippen molar-refractivity contribution in [1.82, 2.24) is 4.98 Å². The number of aromatic carboxylic acids is 1. The highest BCUT2D eigenvalue weighted by Gasteiger charge is 2.25. The molecule has 2 aromatic carbocycles. The van der Waals surface area contributed by atoms with Gasteiger partial charge in [0.05, 0.1) is 11.3 Å². The second kappa shape index (κ2) is 9.00. The molecule has 1 N–H and O–H groups in total. The summed E-state index contributed by atoms with van der Waals surface area (Å²) in [6.07, 6.45) is 4.81. The van der Waals surface area contributed by atoms with Gasteiger partial charge in [0.15, 0.2) is 5.13 Å². The number of hydrogen-bond acceptors (Lipinski definition) is 4. The molecule has 1 heterocycles. The highest BCUT2D eigenvalue weighted by atomic mass is 32.1. The zero-order chi connectivity index (χ0) is 21.1. The van der Waals surface area contributed by atoms with E-state index in [9.17, 15) is 9.90 Å². The second-order valence-corrected chi connectivity index (χ2v) is 9.20. The fourth-order valence-electron chi connectivity index (χ4n) is 4.14. The SMILES string of the molecule is CC(C)c1ccc(-c2csc(N(Cc3cccc(C(=O)O)c3)C3CCCC3)n2)cc1. The standard InChI is InChI=1S/C25H28N2O2S/c1-17(2)19-10-12-20(13-11-19)23-16-30-25(26-23)27(22-8-3-4-9-22)15-18-6-5-7-21(14-18)24(28)29/h5-7,10-14,16-17,22H,3-4,8-9,15H2,1-2H3,(H,28,29). The van der Waals surface area contributed by atoms with E-state index >= 15 is 0 Å². The lowest BCUT2D eigenvalue weighted by molar-refractivity contribution is 0.0696. The Morgan fingerprint density at radius 1 is 1.17 bits per heavy atom. The van der Waals surface area contributed by atoms with E-state index in [-0.39, 0.29) is 0 Å². The molecule has 0 unspecified atom stereocenters. The fraction of sp³-hybridized carbons (Fsp3) is 0.360. The number of hydrogen-bond donors (Lipinski definition) is 1. The van der Waals surface area contributed by atoms with Gasteiger partial charge in [-0.3, -0.25) is 0 Å². The van der Waals surface area contributed by atoms with Crippen molar-refractivity contribution in [3.8, 4) is 11.3 Å². The number of anilines is 1. The van der Waals surface area contributed by atoms with Gasteiger partial charge in [-0.2, -0.15) is 0 Å². The number of aromatic nitrogens is 1. The van der Waals surface area contributed by atoms with E-state index in [2.05, 4.69) is 48.4 Å². The number of carboxylic acid groups (broad SMARTS) is 1. The molecule has 1 fully saturated rings. The molecule has 0 aliphatic heterocycles. The van der Waals surface area contributed by atoms with Crippen molar-refractivity contribution in [2.45, 2.75) is 58.0 Å². The predicted molar refractivity (Wildman–Crippen MR) is 123 cm³/mol. The summed E-state index contributed by atoms with van der Waals surface area (Å²) < 4.78 is 0. The van der Waals surface area contributed by atoms with Gasteiger partial charge in [-0.25, -0.2) is 9.78 Å². The quantitative estimate of drug-likeness (QED) is 0.469. The molecule has 0 atom stereocenters. The number of rotatable bonds is 7. The van der Waals surface area contributed by atoms with Gasteiger partial charge in [-0.1, -0.05) is 63.1 Å². The summed E-state index contributed by atoms with van der Waals surface area (Å²) in [5.74, 6) is -0.366. The van der Waals surface area contributed by atoms with Gasteiger partial charge in [0.1, 0.15) is 0 Å². The monoisotopic (exact) mass is 420 g/mol. The van der Waals surface area contributed by atoms with Gasteiger partial charge in [0.2, 0.25) is 0 Å². The minimum atomic E-state index is -0.884. The minimum Gasteiger partial charge on any atom is -0.478 e. The lowest BCUT2D eigenvalue weighted by Crippen LogP contribution is -2.32. The summed E-state index contributed by atoms with van der Waals surface area (Å²) in [6, 6.07) is 16.4. The molecular formula is C25H28N2O2S. The van der Waals surface area contributed by atoms with Crippen molar-refractivity contribution in [3.05, 3.63) is 70.6 Å². The minimum absolute atomic E-state index is 0.337. The Labute approximate surface area is 182 Å². The maximum absolute atomic E-state index is 11.4. The Hall–Kier alpha value is -2.66. The number of thiazole rings is 1. The van der Waals surface area contributed by atoms with Crippen LogP contribution in [0.2, 0.25) is 0 Å². The van der Waals surface area contributed by atoms with Gasteiger partial charge in [-0.15, -0.1) is 11.3 Å². The molecule has 1 aliphatic carbocycles. The maximum atomic E-state index is 11.4. The third-order valence-electron chi connectivity index (χ3n) is 5.90. The molecule has 4 rings (SSSR count). The second-order valence-electron chi connectivity index (χ2n) is 8.36. The van der Waals surface area contributed by atoms with E-state index < -0.39 is 5.97 Å². The Morgan fingerprint density at radius 3 is 2.57 bits per heavy atom. The molecular weight excluding hydrogens is 392 g/mol. The first kappa shape index (κ1) is 20.6. The smallest absolute Gasteiger partial charge is 0.335 e. The van der Waals surface area contributed by atoms with Gasteiger partial charge < -0.3 is 10.0 Å². The van der Waals surface area contributed by atoms with Gasteiger partial charge in [0, 0.05) is 23.5 Å². The number of carbonyl (C=O) groups is 1. The molecule has 1 aromatic heterocycles. The van der Waals surface area contributed by atoms with Crippen molar-refractivity contribution in [2.75, 3.05) is 4.90 Å². The van der Waals surface area contributed by atoms with Crippen LogP contribution in [-0.4, -0.2) is 22.1 Å². The largest absolute Gasteiger partial charge is 0.478 e. The van der Waals surface area contributed by atoms with Crippen LogP contribution in [0.5, 0.6) is 0 Å². The van der Waals surface area contributed by atoms with Crippen LogP contribution in [0, 0.1) is 0 Å². The van der Waals surface area contributed by atoms with Crippen molar-refractivity contribution in [1.29, 1.82) is 0 Å². The normalized spacial score (nSPS) is 14.4. The fourth-order valence-corrected chi connectivity index (χ4v) is 5.04. The Balaban J connectivity index is 1.60. The van der Waals surface area contributed by atoms with Crippen molar-refractivity contribution in [2.24, 2.45) is 0 Å². The van der Waals surface area contributed by atoms with Gasteiger partial charge in [-0.05, 0) is 42.0 Å². The molecule has 3 aromatic rings. The predicted octanol–water partition coefficient (Wildman–Crippen LogP) is 6.58. The number of benzene rings is 2. The summed E-state index contributed by atoms with van der Waals surface area (Å²) in [4.78, 5) is 18.7. The van der Waals surface area contributed by atoms with Crippen molar-refractivity contribution >= 4 is 22.4 Å². The Morgan fingerprint density at radius 2 is 1.90 bits per heavy atom. The average Bonchev–Trinajstić information content (AvgIpc) is 3.45. The maximum Gasteiger partial charge on any atom is 0.335 e. The molecule has 156 valence electrons. The molecule has 1 aliphatic rings. The lowest BCUT2D eigenvalue weighted by Gasteiger charge is -2.28. The number of carboxylic acids is 1. The molecule has 30 heavy (non-hydrogen) atoms. The van der Waals surface area contributed by atoms with Crippen molar-refractivity contribution in [3.63, 3.8) is 0 Å². The van der Waals surface area contributed by atoms with E-state index in [1.807, 2.05) is 12.1 Å². The highest BCUT2D eigenvalue weighted by Crippen LogP contribution is 2.34. The van der Waals surface area contributed by atoms with Crippen LogP contribution in [0.15, 0.2) is 53.9 Å². The van der Waals surface area contributed by atoms with Crippen LogP contribution in [0.25, 0.3) is 11.3 Å². The van der Waals surface area contributed by atoms with Crippen LogP contribution in [0.4, 0.5) is 5.13 Å². The summed E-state index contributed by atoms with van der Waals surface area (Å²) in [5, 5.41) is 12.5. The highest BCUT2D eigenvalue weighted by molar-refractivity contribution is 7.14. The molecule has 4 nitrogen and oxygen atoms in total. The molecule has 0 radical (unpaired) electrons. The summed E-state index contributed by atoms with van der Waals surface area (Å²) in [7, 11) is 0. The molecule has 1 saturated carbocycles. The van der Waals surface area contributed by atoms with E-state index in [0.717, 1.165) is 34.8 Å². The summed E-state index contributed by atoms with van der Waals surface area (Å²) in [5.41, 5.74) is 4.83. The topological polar surface area (TPSA) is 53.4 Å². The zero-order valence-electron chi connectivity index (χ0n) is 17.5. The van der Waals surface area contributed by atoms with Crippen LogP contribution < -0.4 is 4.90 Å². The third-order valence-corrected chi connectivity index (χ3v) is 6.78. The Bertz CT molecular complexity index is 1000. The molecule has 0 amide bonds. The summed E-state index contributed by atoms with van der Waals surface area (Å²) >= 11 is 1.68. The first-order valence-electron chi connectivity index (χ1n) is 10.7. The zero-order valence-corrected chi connectivity index (χ0v) is 18.4. The first-order chi connectivity index (χ1) is 14.5. The van der Waals surface area contributed by atoms with Crippen LogP contribution in [-0.2, 0) is 6.54 Å². The molecule has 0 saturated heterocycles. The van der Waals surface area contributed by atoms with Gasteiger partial charge >= 0.3 is 5.97 Å². The van der Waals surface area contributed by atoms with E-state index in [0.29, 0.717) is 24.1 Å². The van der Waals surface area contributed by atoms with Crippen LogP contribution in [0.3, 0.4) is 0 Å². The van der Waals surface area contributed by atoms with Crippen LogP contribution >= 0.6 is 11.3 Å². The molecule has 0 spiro atoms. The lowest BCUT2D eigenvalue weighted by atomic mass is 10.0. The Kier molecular flexibility index (Phi) is 6.18. The van der Waals surface area contributed by atoms with Gasteiger partial charge in [0.25, 0.3) is 0 Å². The number of nitrogens with zero attached hydrogens (tertiary/aromatic N) is 2. The summed E-state index contributed by atoms with van der Waals surface area (Å²) in [6.45, 7) is 5.09. The van der Waals surface area contributed by atoms with Crippen LogP contribution in [0.1, 0.15) is 66.9 Å². The molecule has 0 bridgehead atoms. The average molecular weight is 421 g/mol. The molecule has 5 heteroatoms. The first-order valence-corrected chi connectivity index (χ1v) is 11.5. The third kappa shape index (κ3) is 4.57. The van der Waals surface area contributed by atoms with E-state index in [1.54, 1.807) is 23.5 Å². The van der Waals surface area contributed by atoms with E-state index in [1.165, 1.54) is 18.4 Å². The van der Waals surface area contributed by atoms with E-state index in [4.69, 9.17) is 4.98 Å². The van der Waals surface area contributed by atoms with Crippen molar-refractivity contribution < 1.29 is 9.90 Å².